The summed E-state index contributed by atoms with van der Waals surface area (Å²) in [7, 11) is 0. The van der Waals surface area contributed by atoms with Gasteiger partial charge in [-0.1, -0.05) is 25.5 Å². The minimum Gasteiger partial charge on any atom is -0.465 e. The van der Waals surface area contributed by atoms with Crippen molar-refractivity contribution >= 4 is 12.1 Å². The average Bonchev–Trinajstić information content (AvgIpc) is 3.24. The van der Waals surface area contributed by atoms with Crippen LogP contribution in [0.3, 0.4) is 0 Å². The van der Waals surface area contributed by atoms with Gasteiger partial charge in [0.1, 0.15) is 6.61 Å². The Labute approximate surface area is 173 Å². The largest absolute Gasteiger partial charge is 0.465 e. The molecule has 0 bridgehead atoms. The summed E-state index contributed by atoms with van der Waals surface area (Å²) in [6, 6.07) is 0.123. The minimum absolute atomic E-state index is 0.123. The number of hydrogen-bond donors (Lipinski definition) is 2. The molecule has 3 saturated carbocycles. The number of carbonyl (C=O) groups excluding carboxylic acids is 1. The van der Waals surface area contributed by atoms with Crippen LogP contribution in [0, 0.1) is 34.5 Å². The summed E-state index contributed by atoms with van der Waals surface area (Å²) in [6.45, 7) is 5.40. The zero-order valence-electron chi connectivity index (χ0n) is 17.6. The van der Waals surface area contributed by atoms with Crippen LogP contribution in [0.25, 0.3) is 0 Å². The Balaban J connectivity index is 1.36. The quantitative estimate of drug-likeness (QED) is 0.522. The average molecular weight is 400 g/mol. The van der Waals surface area contributed by atoms with Gasteiger partial charge in [0.25, 0.3) is 0 Å². The van der Waals surface area contributed by atoms with Crippen LogP contribution < -0.4 is 5.32 Å². The SMILES string of the molecule is C[C@]12CC[C@H](NC(=O)O)C[C@H]1CC[C@H]1C3=CC[C@H](C4=CC(=O)OC4)[C@@]3(C)CC[C@@H]12. The van der Waals surface area contributed by atoms with Gasteiger partial charge in [0.05, 0.1) is 0 Å². The van der Waals surface area contributed by atoms with Gasteiger partial charge < -0.3 is 15.2 Å². The Bertz CT molecular complexity index is 801. The van der Waals surface area contributed by atoms with Gasteiger partial charge in [-0.05, 0) is 91.4 Å². The van der Waals surface area contributed by atoms with Gasteiger partial charge in [-0.2, -0.15) is 0 Å². The van der Waals surface area contributed by atoms with Gasteiger partial charge in [0.2, 0.25) is 0 Å². The normalized spacial score (nSPS) is 46.0. The first-order valence-electron chi connectivity index (χ1n) is 11.4. The number of nitrogens with one attached hydrogen (secondary N) is 1. The highest BCUT2D eigenvalue weighted by molar-refractivity contribution is 5.85. The Morgan fingerprint density at radius 2 is 2.03 bits per heavy atom. The van der Waals surface area contributed by atoms with E-state index in [2.05, 4.69) is 25.2 Å². The highest BCUT2D eigenvalue weighted by Crippen LogP contribution is 2.66. The highest BCUT2D eigenvalue weighted by Gasteiger charge is 2.58. The Morgan fingerprint density at radius 3 is 2.76 bits per heavy atom. The number of rotatable bonds is 2. The summed E-state index contributed by atoms with van der Waals surface area (Å²) in [5.74, 6) is 2.24. The second kappa shape index (κ2) is 6.61. The Hall–Kier alpha value is -1.78. The van der Waals surface area contributed by atoms with E-state index in [4.69, 9.17) is 9.84 Å². The van der Waals surface area contributed by atoms with Gasteiger partial charge in [0.15, 0.2) is 0 Å². The molecule has 1 heterocycles. The number of hydrogen-bond acceptors (Lipinski definition) is 3. The zero-order chi connectivity index (χ0) is 20.4. The van der Waals surface area contributed by atoms with Crippen molar-refractivity contribution in [3.8, 4) is 0 Å². The molecule has 1 amide bonds. The van der Waals surface area contributed by atoms with Crippen LogP contribution in [0.1, 0.15) is 65.2 Å². The lowest BCUT2D eigenvalue weighted by molar-refractivity contribution is -0.135. The molecule has 29 heavy (non-hydrogen) atoms. The molecule has 0 aromatic heterocycles. The maximum Gasteiger partial charge on any atom is 0.404 e. The fourth-order valence-electron chi connectivity index (χ4n) is 8.05. The van der Waals surface area contributed by atoms with Crippen LogP contribution in [0.5, 0.6) is 0 Å². The van der Waals surface area contributed by atoms with E-state index in [1.165, 1.54) is 31.3 Å². The summed E-state index contributed by atoms with van der Waals surface area (Å²) < 4.78 is 5.23. The second-order valence-corrected chi connectivity index (χ2v) is 10.6. The van der Waals surface area contributed by atoms with Crippen molar-refractivity contribution in [1.82, 2.24) is 5.32 Å². The van der Waals surface area contributed by atoms with Crippen LogP contribution >= 0.6 is 0 Å². The molecular weight excluding hydrogens is 366 g/mol. The van der Waals surface area contributed by atoms with Crippen LogP contribution in [0.2, 0.25) is 0 Å². The number of cyclic esters (lactones) is 1. The first-order chi connectivity index (χ1) is 13.8. The van der Waals surface area contributed by atoms with Gasteiger partial charge in [-0.3, -0.25) is 0 Å². The zero-order valence-corrected chi connectivity index (χ0v) is 17.6. The van der Waals surface area contributed by atoms with E-state index in [9.17, 15) is 9.59 Å². The minimum atomic E-state index is -0.883. The van der Waals surface area contributed by atoms with E-state index >= 15 is 0 Å². The summed E-state index contributed by atoms with van der Waals surface area (Å²) in [5.41, 5.74) is 3.35. The van der Waals surface area contributed by atoms with Crippen molar-refractivity contribution in [1.29, 1.82) is 0 Å². The molecule has 0 saturated heterocycles. The number of fused-ring (bicyclic) bond motifs is 5. The molecule has 5 heteroatoms. The van der Waals surface area contributed by atoms with Crippen LogP contribution in [0.4, 0.5) is 4.79 Å². The molecule has 0 aromatic rings. The number of carbonyl (C=O) groups is 2. The van der Waals surface area contributed by atoms with Crippen molar-refractivity contribution in [3.63, 3.8) is 0 Å². The molecule has 0 spiro atoms. The third-order valence-electron chi connectivity index (χ3n) is 9.53. The first kappa shape index (κ1) is 19.2. The molecular formula is C24H33NO4. The summed E-state index contributed by atoms with van der Waals surface area (Å²) in [4.78, 5) is 22.7. The summed E-state index contributed by atoms with van der Waals surface area (Å²) in [5, 5.41) is 11.9. The molecule has 4 aliphatic carbocycles. The number of amides is 1. The van der Waals surface area contributed by atoms with E-state index in [0.29, 0.717) is 35.7 Å². The summed E-state index contributed by atoms with van der Waals surface area (Å²) >= 11 is 0. The lowest BCUT2D eigenvalue weighted by atomic mass is 9.45. The van der Waals surface area contributed by atoms with Crippen LogP contribution in [-0.4, -0.2) is 29.8 Å². The fourth-order valence-corrected chi connectivity index (χ4v) is 8.05. The molecule has 0 aromatic carbocycles. The molecule has 5 nitrogen and oxygen atoms in total. The molecule has 7 atom stereocenters. The topological polar surface area (TPSA) is 75.6 Å². The number of ether oxygens (including phenoxy) is 1. The van der Waals surface area contributed by atoms with Crippen molar-refractivity contribution in [2.75, 3.05) is 6.61 Å². The van der Waals surface area contributed by atoms with Crippen molar-refractivity contribution in [2.24, 2.45) is 34.5 Å². The number of allylic oxidation sites excluding steroid dienone is 2. The second-order valence-electron chi connectivity index (χ2n) is 10.6. The monoisotopic (exact) mass is 399 g/mol. The molecule has 0 unspecified atom stereocenters. The molecule has 3 fully saturated rings. The Morgan fingerprint density at radius 1 is 1.21 bits per heavy atom. The lowest BCUT2D eigenvalue weighted by Crippen LogP contribution is -2.53. The van der Waals surface area contributed by atoms with Crippen LogP contribution in [0.15, 0.2) is 23.3 Å². The van der Waals surface area contributed by atoms with Crippen molar-refractivity contribution < 1.29 is 19.4 Å². The number of carboxylic acid groups (broad SMARTS) is 1. The smallest absolute Gasteiger partial charge is 0.404 e. The van der Waals surface area contributed by atoms with Crippen LogP contribution in [-0.2, 0) is 9.53 Å². The molecule has 0 radical (unpaired) electrons. The molecule has 158 valence electrons. The van der Waals surface area contributed by atoms with E-state index in [1.54, 1.807) is 11.6 Å². The van der Waals surface area contributed by atoms with Crippen molar-refractivity contribution in [3.05, 3.63) is 23.3 Å². The van der Waals surface area contributed by atoms with Crippen molar-refractivity contribution in [2.45, 2.75) is 71.3 Å². The predicted octanol–water partition coefficient (Wildman–Crippen LogP) is 4.68. The van der Waals surface area contributed by atoms with E-state index < -0.39 is 6.09 Å². The molecule has 5 aliphatic rings. The Kier molecular flexibility index (Phi) is 4.38. The first-order valence-corrected chi connectivity index (χ1v) is 11.4. The third-order valence-corrected chi connectivity index (χ3v) is 9.53. The fraction of sp³-hybridized carbons (Fsp3) is 0.750. The molecule has 1 aliphatic heterocycles. The summed E-state index contributed by atoms with van der Waals surface area (Å²) in [6.07, 6.45) is 12.4. The maximum atomic E-state index is 11.6. The van der Waals surface area contributed by atoms with Gasteiger partial charge in [-0.15, -0.1) is 0 Å². The van der Waals surface area contributed by atoms with Gasteiger partial charge >= 0.3 is 12.1 Å². The van der Waals surface area contributed by atoms with Gasteiger partial charge in [-0.25, -0.2) is 9.59 Å². The molecule has 5 rings (SSSR count). The van der Waals surface area contributed by atoms with E-state index in [0.717, 1.165) is 25.7 Å². The van der Waals surface area contributed by atoms with E-state index in [1.807, 2.05) is 0 Å². The third kappa shape index (κ3) is 2.87. The highest BCUT2D eigenvalue weighted by atomic mass is 16.5. The predicted molar refractivity (Wildman–Crippen MR) is 109 cm³/mol. The van der Waals surface area contributed by atoms with E-state index in [-0.39, 0.29) is 17.4 Å². The maximum absolute atomic E-state index is 11.6. The number of esters is 1. The standard InChI is InChI=1S/C24H33NO4/c1-23-9-7-16(25-22(27)28)12-15(23)3-4-17-19-6-5-18(14-11-21(26)29-13-14)24(19,2)10-8-20(17)23/h6,11,15-18,20,25H,3-5,7-10,12-13H2,1-2H3,(H,27,28)/t15-,16+,17+,18-,20+,23+,24-/m1/s1. The lowest BCUT2D eigenvalue weighted by Gasteiger charge is -2.60. The molecule has 2 N–H and O–H groups in total. The van der Waals surface area contributed by atoms with Gasteiger partial charge in [0, 0.05) is 12.1 Å².